The monoisotopic (exact) mass is 346 g/mol. The second-order valence-electron chi connectivity index (χ2n) is 6.78. The van der Waals surface area contributed by atoms with E-state index >= 15 is 0 Å². The van der Waals surface area contributed by atoms with Gasteiger partial charge in [0, 0.05) is 31.4 Å². The van der Waals surface area contributed by atoms with Gasteiger partial charge in [-0.25, -0.2) is 0 Å². The normalized spacial score (nSPS) is 21.0. The summed E-state index contributed by atoms with van der Waals surface area (Å²) in [5, 5.41) is 16.5. The fourth-order valence-corrected chi connectivity index (χ4v) is 3.38. The van der Waals surface area contributed by atoms with Crippen LogP contribution in [-0.2, 0) is 0 Å². The topological polar surface area (TPSA) is 59.9 Å². The van der Waals surface area contributed by atoms with Crippen molar-refractivity contribution in [2.24, 2.45) is 4.99 Å². The molecule has 5 nitrogen and oxygen atoms in total. The molecule has 0 spiro atoms. The highest BCUT2D eigenvalue weighted by Crippen LogP contribution is 2.19. The summed E-state index contributed by atoms with van der Waals surface area (Å²) < 4.78 is 0. The Bertz CT molecular complexity index is 538. The third kappa shape index (κ3) is 6.24. The number of likely N-dealkylation sites (N-methyl/N-ethyl adjacent to an activating group) is 1. The van der Waals surface area contributed by atoms with Gasteiger partial charge in [0.25, 0.3) is 0 Å². The van der Waals surface area contributed by atoms with E-state index in [2.05, 4.69) is 60.6 Å². The van der Waals surface area contributed by atoms with E-state index < -0.39 is 0 Å². The Morgan fingerprint density at radius 2 is 1.92 bits per heavy atom. The minimum absolute atomic E-state index is 0.121. The molecule has 1 aromatic carbocycles. The molecule has 2 rings (SSSR count). The number of hydrogen-bond acceptors (Lipinski definition) is 3. The van der Waals surface area contributed by atoms with Crippen molar-refractivity contribution >= 4 is 11.6 Å². The number of nitrogens with one attached hydrogen (secondary N) is 2. The molecule has 1 aromatic rings. The molecule has 1 aliphatic rings. The smallest absolute Gasteiger partial charge is 0.191 e. The molecule has 0 aliphatic heterocycles. The average Bonchev–Trinajstić information content (AvgIpc) is 2.61. The van der Waals surface area contributed by atoms with Crippen LogP contribution in [0, 0.1) is 6.92 Å². The zero-order chi connectivity index (χ0) is 18.1. The van der Waals surface area contributed by atoms with Crippen LogP contribution in [0.15, 0.2) is 29.3 Å². The van der Waals surface area contributed by atoms with Crippen LogP contribution in [-0.4, -0.2) is 49.4 Å². The molecule has 0 saturated heterocycles. The lowest BCUT2D eigenvalue weighted by atomic mass is 9.93. The number of anilines is 1. The highest BCUT2D eigenvalue weighted by Gasteiger charge is 2.19. The fourth-order valence-electron chi connectivity index (χ4n) is 3.38. The lowest BCUT2D eigenvalue weighted by molar-refractivity contribution is 0.120. The molecule has 5 heteroatoms. The Labute approximate surface area is 152 Å². The Kier molecular flexibility index (Phi) is 8.06. The summed E-state index contributed by atoms with van der Waals surface area (Å²) >= 11 is 0. The summed E-state index contributed by atoms with van der Waals surface area (Å²) in [6, 6.07) is 8.93. The quantitative estimate of drug-likeness (QED) is 0.525. The number of aliphatic imine (C=N–C) groups is 1. The number of guanidine groups is 1. The van der Waals surface area contributed by atoms with Gasteiger partial charge >= 0.3 is 0 Å². The minimum Gasteiger partial charge on any atom is -0.393 e. The van der Waals surface area contributed by atoms with E-state index in [0.29, 0.717) is 6.04 Å². The first-order chi connectivity index (χ1) is 12.1. The van der Waals surface area contributed by atoms with E-state index in [1.807, 2.05) is 0 Å². The van der Waals surface area contributed by atoms with Gasteiger partial charge in [0.05, 0.1) is 12.6 Å². The molecule has 0 radical (unpaired) electrons. The van der Waals surface area contributed by atoms with Crippen LogP contribution in [0.5, 0.6) is 0 Å². The van der Waals surface area contributed by atoms with Gasteiger partial charge in [0.15, 0.2) is 5.96 Å². The molecule has 1 fully saturated rings. The van der Waals surface area contributed by atoms with Crippen LogP contribution < -0.4 is 15.5 Å². The predicted molar refractivity (Wildman–Crippen MR) is 106 cm³/mol. The standard InChI is InChI=1S/C20H34N4O/c1-4-21-20(23-17-10-12-18(25)13-11-17)22-14-15-24(5-2)19-9-7-6-8-16(19)3/h6-9,17-18,25H,4-5,10-15H2,1-3H3,(H2,21,22,23). The van der Waals surface area contributed by atoms with E-state index in [1.54, 1.807) is 0 Å². The SMILES string of the molecule is CCNC(=NCCN(CC)c1ccccc1C)NC1CCC(O)CC1. The Morgan fingerprint density at radius 3 is 2.56 bits per heavy atom. The maximum Gasteiger partial charge on any atom is 0.191 e. The van der Waals surface area contributed by atoms with E-state index in [4.69, 9.17) is 4.99 Å². The van der Waals surface area contributed by atoms with Crippen molar-refractivity contribution in [3.63, 3.8) is 0 Å². The summed E-state index contributed by atoms with van der Waals surface area (Å²) in [5.74, 6) is 0.893. The largest absolute Gasteiger partial charge is 0.393 e. The van der Waals surface area contributed by atoms with Crippen LogP contribution in [0.1, 0.15) is 45.1 Å². The molecule has 0 aromatic heterocycles. The van der Waals surface area contributed by atoms with Gasteiger partial charge in [-0.3, -0.25) is 4.99 Å². The molecule has 0 unspecified atom stereocenters. The van der Waals surface area contributed by atoms with Crippen molar-refractivity contribution in [3.05, 3.63) is 29.8 Å². The molecular weight excluding hydrogens is 312 g/mol. The maximum absolute atomic E-state index is 9.65. The number of hydrogen-bond donors (Lipinski definition) is 3. The van der Waals surface area contributed by atoms with Crippen LogP contribution in [0.25, 0.3) is 0 Å². The molecule has 1 aliphatic carbocycles. The first-order valence-corrected chi connectivity index (χ1v) is 9.67. The second kappa shape index (κ2) is 10.3. The van der Waals surface area contributed by atoms with Crippen LogP contribution in [0.4, 0.5) is 5.69 Å². The van der Waals surface area contributed by atoms with Gasteiger partial charge in [-0.2, -0.15) is 0 Å². The van der Waals surface area contributed by atoms with Gasteiger partial charge in [-0.15, -0.1) is 0 Å². The molecule has 0 heterocycles. The number of aryl methyl sites for hydroxylation is 1. The molecule has 0 amide bonds. The third-order valence-electron chi connectivity index (χ3n) is 4.86. The van der Waals surface area contributed by atoms with Crippen LogP contribution >= 0.6 is 0 Å². The van der Waals surface area contributed by atoms with Gasteiger partial charge in [-0.1, -0.05) is 18.2 Å². The van der Waals surface area contributed by atoms with E-state index in [1.165, 1.54) is 11.3 Å². The maximum atomic E-state index is 9.65. The fraction of sp³-hybridized carbons (Fsp3) is 0.650. The highest BCUT2D eigenvalue weighted by molar-refractivity contribution is 5.80. The lowest BCUT2D eigenvalue weighted by Crippen LogP contribution is -2.45. The predicted octanol–water partition coefficient (Wildman–Crippen LogP) is 2.68. The first kappa shape index (κ1) is 19.6. The van der Waals surface area contributed by atoms with E-state index in [-0.39, 0.29) is 6.10 Å². The van der Waals surface area contributed by atoms with Gasteiger partial charge in [0.1, 0.15) is 0 Å². The molecule has 140 valence electrons. The van der Waals surface area contributed by atoms with E-state index in [9.17, 15) is 5.11 Å². The summed E-state index contributed by atoms with van der Waals surface area (Å²) in [7, 11) is 0. The number of aliphatic hydroxyl groups excluding tert-OH is 1. The zero-order valence-corrected chi connectivity index (χ0v) is 16.0. The van der Waals surface area contributed by atoms with Crippen LogP contribution in [0.2, 0.25) is 0 Å². The summed E-state index contributed by atoms with van der Waals surface area (Å²) in [5.41, 5.74) is 2.60. The second-order valence-corrected chi connectivity index (χ2v) is 6.78. The van der Waals surface area contributed by atoms with Crippen molar-refractivity contribution < 1.29 is 5.11 Å². The molecule has 25 heavy (non-hydrogen) atoms. The van der Waals surface area contributed by atoms with E-state index in [0.717, 1.165) is 57.8 Å². The van der Waals surface area contributed by atoms with Crippen molar-refractivity contribution in [2.75, 3.05) is 31.1 Å². The Morgan fingerprint density at radius 1 is 1.20 bits per heavy atom. The third-order valence-corrected chi connectivity index (χ3v) is 4.86. The summed E-state index contributed by atoms with van der Waals surface area (Å²) in [4.78, 5) is 7.13. The number of benzene rings is 1. The lowest BCUT2D eigenvalue weighted by Gasteiger charge is -2.28. The molecule has 0 bridgehead atoms. The van der Waals surface area contributed by atoms with Gasteiger partial charge in [-0.05, 0) is 58.1 Å². The number of aliphatic hydroxyl groups is 1. The van der Waals surface area contributed by atoms with Crippen molar-refractivity contribution in [2.45, 2.75) is 58.6 Å². The average molecular weight is 347 g/mol. The number of rotatable bonds is 7. The Hall–Kier alpha value is -1.75. The van der Waals surface area contributed by atoms with Crippen LogP contribution in [0.3, 0.4) is 0 Å². The van der Waals surface area contributed by atoms with Crippen molar-refractivity contribution in [1.29, 1.82) is 0 Å². The summed E-state index contributed by atoms with van der Waals surface area (Å²) in [6.45, 7) is 9.93. The number of para-hydroxylation sites is 1. The zero-order valence-electron chi connectivity index (χ0n) is 16.0. The molecular formula is C20H34N4O. The first-order valence-electron chi connectivity index (χ1n) is 9.67. The molecule has 1 saturated carbocycles. The number of nitrogens with zero attached hydrogens (tertiary/aromatic N) is 2. The Balaban J connectivity index is 1.90. The minimum atomic E-state index is -0.121. The molecule has 3 N–H and O–H groups in total. The van der Waals surface area contributed by atoms with Gasteiger partial charge < -0.3 is 20.6 Å². The van der Waals surface area contributed by atoms with Crippen molar-refractivity contribution in [1.82, 2.24) is 10.6 Å². The van der Waals surface area contributed by atoms with Gasteiger partial charge in [0.2, 0.25) is 0 Å². The van der Waals surface area contributed by atoms with Crippen molar-refractivity contribution in [3.8, 4) is 0 Å². The molecule has 0 atom stereocenters. The summed E-state index contributed by atoms with van der Waals surface area (Å²) in [6.07, 6.45) is 3.66. The highest BCUT2D eigenvalue weighted by atomic mass is 16.3.